The third kappa shape index (κ3) is 3.06. The minimum atomic E-state index is -0.561. The standard InChI is InChI=1S/C20H21NO2/c1-15-9-7-8-12-17(15)18-13-20(2,3)19(22)21(18)23-14-16-10-5-4-6-11-16/h4-13H,14H2,1-3H3. The van der Waals surface area contributed by atoms with Crippen LogP contribution in [0.15, 0.2) is 60.7 Å². The zero-order chi connectivity index (χ0) is 16.4. The van der Waals surface area contributed by atoms with Crippen molar-refractivity contribution >= 4 is 11.6 Å². The summed E-state index contributed by atoms with van der Waals surface area (Å²) in [6.45, 7) is 6.24. The van der Waals surface area contributed by atoms with Crippen LogP contribution < -0.4 is 0 Å². The maximum absolute atomic E-state index is 12.7. The van der Waals surface area contributed by atoms with Gasteiger partial charge in [0.05, 0.1) is 11.1 Å². The summed E-state index contributed by atoms with van der Waals surface area (Å²) in [5.74, 6) is -0.0355. The van der Waals surface area contributed by atoms with Crippen LogP contribution in [0, 0.1) is 12.3 Å². The Labute approximate surface area is 137 Å². The molecule has 3 heteroatoms. The number of hydroxylamine groups is 2. The lowest BCUT2D eigenvalue weighted by Crippen LogP contribution is -2.32. The van der Waals surface area contributed by atoms with Crippen molar-refractivity contribution < 1.29 is 9.63 Å². The van der Waals surface area contributed by atoms with Gasteiger partial charge in [-0.25, -0.2) is 0 Å². The lowest BCUT2D eigenvalue weighted by molar-refractivity contribution is -0.173. The fourth-order valence-electron chi connectivity index (χ4n) is 2.72. The summed E-state index contributed by atoms with van der Waals surface area (Å²) in [7, 11) is 0. The molecular formula is C20H21NO2. The number of aryl methyl sites for hydroxylation is 1. The molecule has 1 aliphatic rings. The van der Waals surface area contributed by atoms with E-state index in [1.54, 1.807) is 0 Å². The Hall–Kier alpha value is -2.39. The summed E-state index contributed by atoms with van der Waals surface area (Å²) in [5.41, 5.74) is 3.45. The fourth-order valence-corrected chi connectivity index (χ4v) is 2.72. The maximum Gasteiger partial charge on any atom is 0.260 e. The minimum absolute atomic E-state index is 0.0355. The average molecular weight is 307 g/mol. The highest BCUT2D eigenvalue weighted by Crippen LogP contribution is 2.38. The molecule has 2 aromatic carbocycles. The van der Waals surface area contributed by atoms with Gasteiger partial charge in [-0.3, -0.25) is 9.63 Å². The fraction of sp³-hybridized carbons (Fsp3) is 0.250. The van der Waals surface area contributed by atoms with Gasteiger partial charge in [-0.05, 0) is 38.0 Å². The smallest absolute Gasteiger partial charge is 0.260 e. The highest BCUT2D eigenvalue weighted by molar-refractivity contribution is 5.97. The van der Waals surface area contributed by atoms with E-state index in [0.29, 0.717) is 6.61 Å². The molecule has 3 rings (SSSR count). The average Bonchev–Trinajstić information content (AvgIpc) is 2.77. The third-order valence-corrected chi connectivity index (χ3v) is 4.08. The van der Waals surface area contributed by atoms with Gasteiger partial charge in [-0.1, -0.05) is 54.6 Å². The number of benzene rings is 2. The van der Waals surface area contributed by atoms with Gasteiger partial charge in [0.25, 0.3) is 5.91 Å². The molecule has 0 N–H and O–H groups in total. The lowest BCUT2D eigenvalue weighted by Gasteiger charge is -2.23. The Morgan fingerprint density at radius 2 is 1.65 bits per heavy atom. The van der Waals surface area contributed by atoms with Crippen LogP contribution >= 0.6 is 0 Å². The Morgan fingerprint density at radius 3 is 2.35 bits per heavy atom. The van der Waals surface area contributed by atoms with Gasteiger partial charge in [0.15, 0.2) is 0 Å². The first-order chi connectivity index (χ1) is 11.0. The topological polar surface area (TPSA) is 29.5 Å². The summed E-state index contributed by atoms with van der Waals surface area (Å²) < 4.78 is 0. The largest absolute Gasteiger partial charge is 0.271 e. The van der Waals surface area contributed by atoms with E-state index in [4.69, 9.17) is 4.84 Å². The predicted molar refractivity (Wildman–Crippen MR) is 91.0 cm³/mol. The Balaban J connectivity index is 1.89. The normalized spacial score (nSPS) is 16.6. The molecule has 0 aromatic heterocycles. The maximum atomic E-state index is 12.7. The van der Waals surface area contributed by atoms with Crippen molar-refractivity contribution in [3.05, 3.63) is 77.4 Å². The van der Waals surface area contributed by atoms with Gasteiger partial charge in [0.1, 0.15) is 6.61 Å². The number of nitrogens with zero attached hydrogens (tertiary/aromatic N) is 1. The first-order valence-corrected chi connectivity index (χ1v) is 7.79. The molecule has 0 spiro atoms. The first-order valence-electron chi connectivity index (χ1n) is 7.79. The van der Waals surface area contributed by atoms with Crippen molar-refractivity contribution in [2.75, 3.05) is 0 Å². The Morgan fingerprint density at radius 1 is 1.00 bits per heavy atom. The monoisotopic (exact) mass is 307 g/mol. The molecule has 1 aliphatic heterocycles. The molecule has 0 saturated carbocycles. The molecule has 23 heavy (non-hydrogen) atoms. The van der Waals surface area contributed by atoms with E-state index in [9.17, 15) is 4.79 Å². The molecule has 0 radical (unpaired) electrons. The van der Waals surface area contributed by atoms with Gasteiger partial charge >= 0.3 is 0 Å². The van der Waals surface area contributed by atoms with E-state index in [2.05, 4.69) is 0 Å². The SMILES string of the molecule is Cc1ccccc1C1=CC(C)(C)C(=O)N1OCc1ccccc1. The summed E-state index contributed by atoms with van der Waals surface area (Å²) >= 11 is 0. The molecule has 0 atom stereocenters. The number of hydrogen-bond donors (Lipinski definition) is 0. The van der Waals surface area contributed by atoms with Crippen LogP contribution in [0.25, 0.3) is 5.70 Å². The van der Waals surface area contributed by atoms with Crippen LogP contribution in [0.3, 0.4) is 0 Å². The third-order valence-electron chi connectivity index (χ3n) is 4.08. The molecule has 118 valence electrons. The summed E-state index contributed by atoms with van der Waals surface area (Å²) in [6.07, 6.45) is 1.99. The Kier molecular flexibility index (Phi) is 4.05. The van der Waals surface area contributed by atoms with E-state index < -0.39 is 5.41 Å². The van der Waals surface area contributed by atoms with Gasteiger partial charge < -0.3 is 0 Å². The molecule has 3 nitrogen and oxygen atoms in total. The van der Waals surface area contributed by atoms with Crippen molar-refractivity contribution in [3.63, 3.8) is 0 Å². The van der Waals surface area contributed by atoms with Crippen LogP contribution in [0.5, 0.6) is 0 Å². The van der Waals surface area contributed by atoms with Crippen molar-refractivity contribution in [2.24, 2.45) is 5.41 Å². The van der Waals surface area contributed by atoms with Gasteiger partial charge in [0.2, 0.25) is 0 Å². The van der Waals surface area contributed by atoms with Crippen molar-refractivity contribution in [2.45, 2.75) is 27.4 Å². The van der Waals surface area contributed by atoms with E-state index in [0.717, 1.165) is 22.4 Å². The lowest BCUT2D eigenvalue weighted by atomic mass is 9.93. The molecule has 2 aromatic rings. The number of rotatable bonds is 4. The van der Waals surface area contributed by atoms with Crippen molar-refractivity contribution in [3.8, 4) is 0 Å². The molecule has 0 fully saturated rings. The van der Waals surface area contributed by atoms with Crippen LogP contribution in [0.2, 0.25) is 0 Å². The van der Waals surface area contributed by atoms with Crippen LogP contribution in [-0.2, 0) is 16.2 Å². The second kappa shape index (κ2) is 6.01. The van der Waals surface area contributed by atoms with Crippen LogP contribution in [-0.4, -0.2) is 11.0 Å². The highest BCUT2D eigenvalue weighted by Gasteiger charge is 2.40. The van der Waals surface area contributed by atoms with Gasteiger partial charge in [0, 0.05) is 5.56 Å². The van der Waals surface area contributed by atoms with Crippen LogP contribution in [0.4, 0.5) is 0 Å². The first kappa shape index (κ1) is 15.5. The molecule has 1 amide bonds. The molecule has 0 unspecified atom stereocenters. The highest BCUT2D eigenvalue weighted by atomic mass is 16.7. The molecule has 0 aliphatic carbocycles. The quantitative estimate of drug-likeness (QED) is 0.841. The zero-order valence-corrected chi connectivity index (χ0v) is 13.7. The number of carbonyl (C=O) groups excluding carboxylic acids is 1. The summed E-state index contributed by atoms with van der Waals surface area (Å²) in [6, 6.07) is 17.9. The van der Waals surface area contributed by atoms with Crippen molar-refractivity contribution in [1.82, 2.24) is 5.06 Å². The van der Waals surface area contributed by atoms with Crippen LogP contribution in [0.1, 0.15) is 30.5 Å². The molecular weight excluding hydrogens is 286 g/mol. The summed E-state index contributed by atoms with van der Waals surface area (Å²) in [5, 5.41) is 1.45. The zero-order valence-electron chi connectivity index (χ0n) is 13.7. The van der Waals surface area contributed by atoms with E-state index in [1.165, 1.54) is 5.06 Å². The molecule has 0 saturated heterocycles. The van der Waals surface area contributed by atoms with Gasteiger partial charge in [-0.15, -0.1) is 0 Å². The summed E-state index contributed by atoms with van der Waals surface area (Å²) in [4.78, 5) is 18.6. The number of carbonyl (C=O) groups is 1. The van der Waals surface area contributed by atoms with E-state index in [-0.39, 0.29) is 5.91 Å². The second-order valence-electron chi connectivity index (χ2n) is 6.42. The van der Waals surface area contributed by atoms with Crippen molar-refractivity contribution in [1.29, 1.82) is 0 Å². The van der Waals surface area contributed by atoms with Gasteiger partial charge in [-0.2, -0.15) is 5.06 Å². The minimum Gasteiger partial charge on any atom is -0.271 e. The predicted octanol–water partition coefficient (Wildman–Crippen LogP) is 4.34. The van der Waals surface area contributed by atoms with E-state index >= 15 is 0 Å². The molecule has 1 heterocycles. The Bertz CT molecular complexity index is 747. The number of hydrogen-bond acceptors (Lipinski definition) is 2. The second-order valence-corrected chi connectivity index (χ2v) is 6.42. The number of amides is 1. The van der Waals surface area contributed by atoms with E-state index in [1.807, 2.05) is 81.4 Å². The molecule has 0 bridgehead atoms.